The number of hydrogen-bond acceptors (Lipinski definition) is 3. The third-order valence-corrected chi connectivity index (χ3v) is 3.66. The summed E-state index contributed by atoms with van der Waals surface area (Å²) in [7, 11) is 0. The molecule has 0 fully saturated rings. The van der Waals surface area contributed by atoms with Crippen LogP contribution in [-0.2, 0) is 6.42 Å². The number of aromatic nitrogens is 2. The Kier molecular flexibility index (Phi) is 4.61. The third-order valence-electron chi connectivity index (χ3n) is 3.29. The molecule has 0 atom stereocenters. The fraction of sp³-hybridized carbons (Fsp3) is 0.375. The summed E-state index contributed by atoms with van der Waals surface area (Å²) in [5, 5.41) is 3.83. The summed E-state index contributed by atoms with van der Waals surface area (Å²) in [4.78, 5) is 8.74. The molecule has 0 saturated carbocycles. The molecule has 1 aromatic carbocycles. The van der Waals surface area contributed by atoms with Gasteiger partial charge in [0.25, 0.3) is 0 Å². The summed E-state index contributed by atoms with van der Waals surface area (Å²) >= 11 is 6.14. The third kappa shape index (κ3) is 3.28. The summed E-state index contributed by atoms with van der Waals surface area (Å²) in [6, 6.07) is 8.39. The van der Waals surface area contributed by atoms with Gasteiger partial charge < -0.3 is 5.32 Å². The van der Waals surface area contributed by atoms with Crippen molar-refractivity contribution in [2.24, 2.45) is 0 Å². The highest BCUT2D eigenvalue weighted by atomic mass is 35.5. The molecule has 0 saturated heterocycles. The first-order valence-electron chi connectivity index (χ1n) is 6.91. The number of anilines is 2. The van der Waals surface area contributed by atoms with E-state index in [1.165, 1.54) is 5.56 Å². The maximum atomic E-state index is 6.14. The van der Waals surface area contributed by atoms with Crippen molar-refractivity contribution >= 4 is 23.1 Å². The van der Waals surface area contributed by atoms with Gasteiger partial charge in [-0.2, -0.15) is 0 Å². The van der Waals surface area contributed by atoms with Crippen molar-refractivity contribution in [3.63, 3.8) is 0 Å². The van der Waals surface area contributed by atoms with Crippen molar-refractivity contribution in [2.45, 2.75) is 40.0 Å². The summed E-state index contributed by atoms with van der Waals surface area (Å²) in [6.07, 6.45) is 0.765. The molecule has 0 radical (unpaired) electrons. The normalized spacial score (nSPS) is 10.9. The Hall–Kier alpha value is -1.61. The van der Waals surface area contributed by atoms with Gasteiger partial charge in [-0.25, -0.2) is 9.97 Å². The van der Waals surface area contributed by atoms with Crippen LogP contribution in [0.25, 0.3) is 0 Å². The van der Waals surface area contributed by atoms with Gasteiger partial charge in [0, 0.05) is 17.7 Å². The quantitative estimate of drug-likeness (QED) is 0.816. The SMILES string of the molecule is CCc1nc(Cl)c(C)c(Nc2ccc(C(C)C)cc2)n1. The number of halogens is 1. The average Bonchev–Trinajstić information content (AvgIpc) is 2.44. The molecule has 0 amide bonds. The first-order chi connectivity index (χ1) is 9.51. The predicted octanol–water partition coefficient (Wildman–Crippen LogP) is 4.87. The lowest BCUT2D eigenvalue weighted by atomic mass is 10.0. The molecule has 4 heteroatoms. The van der Waals surface area contributed by atoms with Crippen LogP contribution in [0.2, 0.25) is 5.15 Å². The van der Waals surface area contributed by atoms with Crippen molar-refractivity contribution < 1.29 is 0 Å². The van der Waals surface area contributed by atoms with E-state index in [0.29, 0.717) is 11.1 Å². The molecular weight excluding hydrogens is 270 g/mol. The number of nitrogens with zero attached hydrogens (tertiary/aromatic N) is 2. The molecule has 0 aliphatic carbocycles. The van der Waals surface area contributed by atoms with E-state index < -0.39 is 0 Å². The van der Waals surface area contributed by atoms with Crippen molar-refractivity contribution in [1.29, 1.82) is 0 Å². The van der Waals surface area contributed by atoms with Gasteiger partial charge in [0.1, 0.15) is 16.8 Å². The van der Waals surface area contributed by atoms with Gasteiger partial charge >= 0.3 is 0 Å². The van der Waals surface area contributed by atoms with E-state index in [9.17, 15) is 0 Å². The second kappa shape index (κ2) is 6.23. The van der Waals surface area contributed by atoms with Crippen molar-refractivity contribution in [2.75, 3.05) is 5.32 Å². The highest BCUT2D eigenvalue weighted by molar-refractivity contribution is 6.30. The topological polar surface area (TPSA) is 37.8 Å². The molecular formula is C16H20ClN3. The number of benzene rings is 1. The highest BCUT2D eigenvalue weighted by Gasteiger charge is 2.09. The van der Waals surface area contributed by atoms with Crippen LogP contribution < -0.4 is 5.32 Å². The molecule has 0 aliphatic rings. The molecule has 3 nitrogen and oxygen atoms in total. The first kappa shape index (κ1) is 14.8. The van der Waals surface area contributed by atoms with Crippen LogP contribution in [0, 0.1) is 6.92 Å². The molecule has 1 aromatic heterocycles. The molecule has 2 rings (SSSR count). The highest BCUT2D eigenvalue weighted by Crippen LogP contribution is 2.24. The Bertz CT molecular complexity index is 591. The second-order valence-corrected chi connectivity index (χ2v) is 5.52. The minimum Gasteiger partial charge on any atom is -0.340 e. The van der Waals surface area contributed by atoms with Crippen molar-refractivity contribution in [3.8, 4) is 0 Å². The van der Waals surface area contributed by atoms with Crippen LogP contribution in [0.15, 0.2) is 24.3 Å². The van der Waals surface area contributed by atoms with Gasteiger partial charge in [-0.15, -0.1) is 0 Å². The molecule has 20 heavy (non-hydrogen) atoms. The summed E-state index contributed by atoms with van der Waals surface area (Å²) in [6.45, 7) is 8.31. The van der Waals surface area contributed by atoms with Gasteiger partial charge in [0.2, 0.25) is 0 Å². The average molecular weight is 290 g/mol. The van der Waals surface area contributed by atoms with E-state index in [2.05, 4.69) is 53.4 Å². The van der Waals surface area contributed by atoms with Crippen LogP contribution in [0.1, 0.15) is 43.6 Å². The van der Waals surface area contributed by atoms with E-state index >= 15 is 0 Å². The number of rotatable bonds is 4. The second-order valence-electron chi connectivity index (χ2n) is 5.16. The Morgan fingerprint density at radius 3 is 2.35 bits per heavy atom. The number of aryl methyl sites for hydroxylation is 1. The van der Waals surface area contributed by atoms with Gasteiger partial charge in [-0.3, -0.25) is 0 Å². The van der Waals surface area contributed by atoms with E-state index in [-0.39, 0.29) is 0 Å². The monoisotopic (exact) mass is 289 g/mol. The summed E-state index contributed by atoms with van der Waals surface area (Å²) in [5.41, 5.74) is 3.20. The summed E-state index contributed by atoms with van der Waals surface area (Å²) in [5.74, 6) is 2.06. The number of nitrogens with one attached hydrogen (secondary N) is 1. The first-order valence-corrected chi connectivity index (χ1v) is 7.29. The van der Waals surface area contributed by atoms with E-state index in [0.717, 1.165) is 29.3 Å². The van der Waals surface area contributed by atoms with Crippen LogP contribution in [0.5, 0.6) is 0 Å². The van der Waals surface area contributed by atoms with Gasteiger partial charge in [-0.05, 0) is 30.5 Å². The Labute approximate surface area is 125 Å². The molecule has 1 N–H and O–H groups in total. The van der Waals surface area contributed by atoms with Crippen LogP contribution in [0.4, 0.5) is 11.5 Å². The maximum absolute atomic E-state index is 6.14. The van der Waals surface area contributed by atoms with Crippen LogP contribution in [0.3, 0.4) is 0 Å². The molecule has 1 heterocycles. The molecule has 0 aliphatic heterocycles. The largest absolute Gasteiger partial charge is 0.340 e. The molecule has 0 bridgehead atoms. The van der Waals surface area contributed by atoms with Crippen LogP contribution in [-0.4, -0.2) is 9.97 Å². The van der Waals surface area contributed by atoms with Crippen molar-refractivity contribution in [1.82, 2.24) is 9.97 Å². The molecule has 0 unspecified atom stereocenters. The van der Waals surface area contributed by atoms with E-state index in [1.54, 1.807) is 0 Å². The van der Waals surface area contributed by atoms with Gasteiger partial charge in [0.05, 0.1) is 0 Å². The van der Waals surface area contributed by atoms with Crippen LogP contribution >= 0.6 is 11.6 Å². The lowest BCUT2D eigenvalue weighted by molar-refractivity contribution is 0.867. The zero-order valence-electron chi connectivity index (χ0n) is 12.4. The fourth-order valence-electron chi connectivity index (χ4n) is 1.90. The van der Waals surface area contributed by atoms with E-state index in [1.807, 2.05) is 13.8 Å². The van der Waals surface area contributed by atoms with Crippen molar-refractivity contribution in [3.05, 3.63) is 46.4 Å². The van der Waals surface area contributed by atoms with E-state index in [4.69, 9.17) is 11.6 Å². The molecule has 106 valence electrons. The fourth-order valence-corrected chi connectivity index (χ4v) is 2.09. The zero-order chi connectivity index (χ0) is 14.7. The predicted molar refractivity (Wildman–Crippen MR) is 85.0 cm³/mol. The molecule has 0 spiro atoms. The zero-order valence-corrected chi connectivity index (χ0v) is 13.1. The standard InChI is InChI=1S/C16H20ClN3/c1-5-14-19-15(17)11(4)16(20-14)18-13-8-6-12(7-9-13)10(2)3/h6-10H,5H2,1-4H3,(H,18,19,20). The lowest BCUT2D eigenvalue weighted by Crippen LogP contribution is -2.03. The minimum atomic E-state index is 0.512. The Morgan fingerprint density at radius 2 is 1.80 bits per heavy atom. The minimum absolute atomic E-state index is 0.512. The molecule has 2 aromatic rings. The van der Waals surface area contributed by atoms with Gasteiger partial charge in [-0.1, -0.05) is 44.5 Å². The summed E-state index contributed by atoms with van der Waals surface area (Å²) < 4.78 is 0. The lowest BCUT2D eigenvalue weighted by Gasteiger charge is -2.12. The smallest absolute Gasteiger partial charge is 0.138 e. The number of hydrogen-bond donors (Lipinski definition) is 1. The Morgan fingerprint density at radius 1 is 1.15 bits per heavy atom. The van der Waals surface area contributed by atoms with Gasteiger partial charge in [0.15, 0.2) is 0 Å². The Balaban J connectivity index is 2.27. The maximum Gasteiger partial charge on any atom is 0.138 e.